The van der Waals surface area contributed by atoms with Crippen molar-refractivity contribution in [2.45, 2.75) is 25.2 Å². The number of rotatable bonds is 4. The van der Waals surface area contributed by atoms with Crippen LogP contribution in [0.4, 0.5) is 5.69 Å². The highest BCUT2D eigenvalue weighted by molar-refractivity contribution is 7.98. The maximum Gasteiger partial charge on any atom is 0.257 e. The quantitative estimate of drug-likeness (QED) is 0.732. The van der Waals surface area contributed by atoms with Crippen LogP contribution in [0.3, 0.4) is 0 Å². The lowest BCUT2D eigenvalue weighted by atomic mass is 10.2. The van der Waals surface area contributed by atoms with Crippen molar-refractivity contribution in [1.82, 2.24) is 9.38 Å². The summed E-state index contributed by atoms with van der Waals surface area (Å²) in [7, 11) is 0. The SMILES string of the molecule is CCc1nc2ccc(C(=O)Nc3cccc(SC)c3)cn2c1C. The van der Waals surface area contributed by atoms with Crippen molar-refractivity contribution in [2.24, 2.45) is 0 Å². The average molecular weight is 325 g/mol. The summed E-state index contributed by atoms with van der Waals surface area (Å²) in [6.07, 6.45) is 4.75. The van der Waals surface area contributed by atoms with Gasteiger partial charge >= 0.3 is 0 Å². The Morgan fingerprint density at radius 3 is 2.87 bits per heavy atom. The number of amides is 1. The largest absolute Gasteiger partial charge is 0.322 e. The number of nitrogens with one attached hydrogen (secondary N) is 1. The minimum atomic E-state index is -0.115. The first-order chi connectivity index (χ1) is 11.1. The highest BCUT2D eigenvalue weighted by atomic mass is 32.2. The van der Waals surface area contributed by atoms with Crippen LogP contribution in [-0.2, 0) is 6.42 Å². The molecule has 5 heteroatoms. The molecule has 4 nitrogen and oxygen atoms in total. The molecule has 1 aromatic carbocycles. The summed E-state index contributed by atoms with van der Waals surface area (Å²) < 4.78 is 1.98. The van der Waals surface area contributed by atoms with E-state index >= 15 is 0 Å². The van der Waals surface area contributed by atoms with Crippen LogP contribution in [0.25, 0.3) is 5.65 Å². The Balaban J connectivity index is 1.89. The summed E-state index contributed by atoms with van der Waals surface area (Å²) in [5.74, 6) is -0.115. The molecule has 2 aromatic heterocycles. The third-order valence-corrected chi connectivity index (χ3v) is 4.61. The molecule has 0 bridgehead atoms. The summed E-state index contributed by atoms with van der Waals surface area (Å²) in [6, 6.07) is 11.5. The first-order valence-electron chi connectivity index (χ1n) is 7.55. The number of aryl methyl sites for hydroxylation is 2. The Labute approximate surface area is 139 Å². The second-order valence-corrected chi connectivity index (χ2v) is 6.21. The van der Waals surface area contributed by atoms with Crippen molar-refractivity contribution >= 4 is 29.0 Å². The van der Waals surface area contributed by atoms with E-state index in [-0.39, 0.29) is 5.91 Å². The summed E-state index contributed by atoms with van der Waals surface area (Å²) >= 11 is 1.65. The van der Waals surface area contributed by atoms with Gasteiger partial charge in [-0.25, -0.2) is 4.98 Å². The van der Waals surface area contributed by atoms with E-state index in [1.54, 1.807) is 11.8 Å². The number of fused-ring (bicyclic) bond motifs is 1. The number of thioether (sulfide) groups is 1. The number of anilines is 1. The molecule has 0 unspecified atom stereocenters. The predicted octanol–water partition coefficient (Wildman–Crippen LogP) is 4.18. The third kappa shape index (κ3) is 3.10. The van der Waals surface area contributed by atoms with Crippen LogP contribution >= 0.6 is 11.8 Å². The molecule has 1 N–H and O–H groups in total. The third-order valence-electron chi connectivity index (χ3n) is 3.88. The van der Waals surface area contributed by atoms with Crippen molar-refractivity contribution in [3.63, 3.8) is 0 Å². The van der Waals surface area contributed by atoms with Gasteiger partial charge in [0.05, 0.1) is 11.3 Å². The van der Waals surface area contributed by atoms with Gasteiger partial charge in [0.25, 0.3) is 5.91 Å². The van der Waals surface area contributed by atoms with Crippen molar-refractivity contribution in [2.75, 3.05) is 11.6 Å². The molecule has 0 atom stereocenters. The molecule has 3 aromatic rings. The molecule has 0 saturated heterocycles. The minimum absolute atomic E-state index is 0.115. The smallest absolute Gasteiger partial charge is 0.257 e. The molecule has 0 aliphatic rings. The van der Waals surface area contributed by atoms with Crippen molar-refractivity contribution < 1.29 is 4.79 Å². The first kappa shape index (κ1) is 15.6. The maximum atomic E-state index is 12.5. The number of nitrogens with zero attached hydrogens (tertiary/aromatic N) is 2. The zero-order valence-electron chi connectivity index (χ0n) is 13.5. The molecule has 0 spiro atoms. The van der Waals surface area contributed by atoms with Gasteiger partial charge in [-0.3, -0.25) is 4.79 Å². The Morgan fingerprint density at radius 1 is 1.30 bits per heavy atom. The van der Waals surface area contributed by atoms with Crippen LogP contribution in [0, 0.1) is 6.92 Å². The average Bonchev–Trinajstić information content (AvgIpc) is 2.90. The van der Waals surface area contributed by atoms with E-state index in [1.807, 2.05) is 60.2 Å². The number of hydrogen-bond donors (Lipinski definition) is 1. The van der Waals surface area contributed by atoms with Gasteiger partial charge in [-0.2, -0.15) is 0 Å². The zero-order valence-corrected chi connectivity index (χ0v) is 14.3. The van der Waals surface area contributed by atoms with E-state index < -0.39 is 0 Å². The van der Waals surface area contributed by atoms with Crippen LogP contribution in [0.1, 0.15) is 28.7 Å². The molecule has 23 heavy (non-hydrogen) atoms. The normalized spacial score (nSPS) is 10.9. The molecule has 0 aliphatic carbocycles. The molecular formula is C18H19N3OS. The summed E-state index contributed by atoms with van der Waals surface area (Å²) in [4.78, 5) is 18.2. The fourth-order valence-electron chi connectivity index (χ4n) is 2.58. The number of pyridine rings is 1. The Morgan fingerprint density at radius 2 is 2.13 bits per heavy atom. The van der Waals surface area contributed by atoms with Gasteiger partial charge in [-0.15, -0.1) is 11.8 Å². The van der Waals surface area contributed by atoms with Gasteiger partial charge in [-0.1, -0.05) is 13.0 Å². The van der Waals surface area contributed by atoms with Crippen molar-refractivity contribution in [3.8, 4) is 0 Å². The van der Waals surface area contributed by atoms with Crippen LogP contribution in [0.2, 0.25) is 0 Å². The van der Waals surface area contributed by atoms with E-state index in [4.69, 9.17) is 0 Å². The van der Waals surface area contributed by atoms with E-state index in [2.05, 4.69) is 17.2 Å². The summed E-state index contributed by atoms with van der Waals surface area (Å²) in [5, 5.41) is 2.95. The molecule has 0 fully saturated rings. The van der Waals surface area contributed by atoms with Gasteiger partial charge in [0, 0.05) is 22.5 Å². The van der Waals surface area contributed by atoms with E-state index in [0.717, 1.165) is 34.0 Å². The van der Waals surface area contributed by atoms with Gasteiger partial charge in [0.15, 0.2) is 0 Å². The van der Waals surface area contributed by atoms with E-state index in [1.165, 1.54) is 0 Å². The lowest BCUT2D eigenvalue weighted by Crippen LogP contribution is -2.12. The lowest BCUT2D eigenvalue weighted by molar-refractivity contribution is 0.102. The summed E-state index contributed by atoms with van der Waals surface area (Å²) in [5.41, 5.74) is 4.45. The minimum Gasteiger partial charge on any atom is -0.322 e. The van der Waals surface area contributed by atoms with Crippen molar-refractivity contribution in [1.29, 1.82) is 0 Å². The van der Waals surface area contributed by atoms with Gasteiger partial charge in [0.2, 0.25) is 0 Å². The molecule has 3 rings (SSSR count). The topological polar surface area (TPSA) is 46.4 Å². The molecule has 118 valence electrons. The van der Waals surface area contributed by atoms with E-state index in [0.29, 0.717) is 5.56 Å². The standard InChI is InChI=1S/C18H19N3OS/c1-4-16-12(2)21-11-13(8-9-17(21)20-16)18(22)19-14-6-5-7-15(10-14)23-3/h5-11H,4H2,1-3H3,(H,19,22). The zero-order chi connectivity index (χ0) is 16.4. The fourth-order valence-corrected chi connectivity index (χ4v) is 3.04. The number of hydrogen-bond acceptors (Lipinski definition) is 3. The molecule has 0 radical (unpaired) electrons. The van der Waals surface area contributed by atoms with Crippen LogP contribution < -0.4 is 5.32 Å². The lowest BCUT2D eigenvalue weighted by Gasteiger charge is -2.07. The predicted molar refractivity (Wildman–Crippen MR) is 95.5 cm³/mol. The second kappa shape index (κ2) is 6.46. The Hall–Kier alpha value is -2.27. The fraction of sp³-hybridized carbons (Fsp3) is 0.222. The summed E-state index contributed by atoms with van der Waals surface area (Å²) in [6.45, 7) is 4.11. The van der Waals surface area contributed by atoms with Crippen LogP contribution in [0.15, 0.2) is 47.5 Å². The number of carbonyl (C=O) groups excluding carboxylic acids is 1. The number of aromatic nitrogens is 2. The maximum absolute atomic E-state index is 12.5. The van der Waals surface area contributed by atoms with E-state index in [9.17, 15) is 4.79 Å². The first-order valence-corrected chi connectivity index (χ1v) is 8.78. The molecule has 0 saturated carbocycles. The monoisotopic (exact) mass is 325 g/mol. The van der Waals surface area contributed by atoms with Crippen LogP contribution in [-0.4, -0.2) is 21.5 Å². The van der Waals surface area contributed by atoms with Crippen LogP contribution in [0.5, 0.6) is 0 Å². The highest BCUT2D eigenvalue weighted by Crippen LogP contribution is 2.20. The number of benzene rings is 1. The Bertz CT molecular complexity index is 870. The molecule has 2 heterocycles. The Kier molecular flexibility index (Phi) is 4.39. The molecule has 1 amide bonds. The second-order valence-electron chi connectivity index (χ2n) is 5.33. The van der Waals surface area contributed by atoms with Crippen molar-refractivity contribution in [3.05, 3.63) is 59.5 Å². The van der Waals surface area contributed by atoms with Gasteiger partial charge < -0.3 is 9.72 Å². The molecular weight excluding hydrogens is 306 g/mol. The number of imidazole rings is 1. The highest BCUT2D eigenvalue weighted by Gasteiger charge is 2.11. The number of carbonyl (C=O) groups is 1. The molecule has 0 aliphatic heterocycles. The van der Waals surface area contributed by atoms with Gasteiger partial charge in [-0.05, 0) is 49.9 Å². The van der Waals surface area contributed by atoms with Gasteiger partial charge in [0.1, 0.15) is 5.65 Å².